The Balaban J connectivity index is 1.75. The summed E-state index contributed by atoms with van der Waals surface area (Å²) in [5, 5.41) is 3.23. The highest BCUT2D eigenvalue weighted by Crippen LogP contribution is 2.34. The Hall–Kier alpha value is -2.70. The van der Waals surface area contributed by atoms with E-state index in [0.29, 0.717) is 23.7 Å². The summed E-state index contributed by atoms with van der Waals surface area (Å²) in [6.07, 6.45) is 5.56. The summed E-state index contributed by atoms with van der Waals surface area (Å²) in [5.41, 5.74) is 1.45. The van der Waals surface area contributed by atoms with Gasteiger partial charge < -0.3 is 10.1 Å². The maximum atomic E-state index is 13.0. The minimum Gasteiger partial charge on any atom is -0.490 e. The number of aromatic nitrogens is 2. The molecule has 0 aliphatic carbocycles. The normalized spacial score (nSPS) is 10.9. The first-order valence-corrected chi connectivity index (χ1v) is 11.9. The molecule has 8 heteroatoms. The number of hydrogen-bond donors (Lipinski definition) is 1. The summed E-state index contributed by atoms with van der Waals surface area (Å²) in [7, 11) is 1.77. The second-order valence-electron chi connectivity index (χ2n) is 7.92. The molecule has 33 heavy (non-hydrogen) atoms. The number of carbonyl (C=O) groups is 1. The summed E-state index contributed by atoms with van der Waals surface area (Å²) in [6, 6.07) is 12.2. The van der Waals surface area contributed by atoms with Gasteiger partial charge in [0.2, 0.25) is 0 Å². The Morgan fingerprint density at radius 1 is 1.03 bits per heavy atom. The molecule has 1 N–H and O–H groups in total. The number of para-hydroxylation sites is 1. The number of carbonyl (C=O) groups excluding carboxylic acids is 1. The number of halogens is 2. The first-order valence-electron chi connectivity index (χ1n) is 11.1. The van der Waals surface area contributed by atoms with Crippen LogP contribution in [0.15, 0.2) is 47.3 Å². The summed E-state index contributed by atoms with van der Waals surface area (Å²) in [6.45, 7) is 4.45. The van der Waals surface area contributed by atoms with Gasteiger partial charge in [0.1, 0.15) is 5.69 Å². The van der Waals surface area contributed by atoms with Gasteiger partial charge in [0, 0.05) is 12.6 Å². The van der Waals surface area contributed by atoms with Crippen molar-refractivity contribution in [1.29, 1.82) is 0 Å². The number of nitrogens with one attached hydrogen (secondary N) is 1. The van der Waals surface area contributed by atoms with Crippen LogP contribution >= 0.6 is 23.2 Å². The van der Waals surface area contributed by atoms with E-state index in [1.54, 1.807) is 18.7 Å². The van der Waals surface area contributed by atoms with E-state index >= 15 is 0 Å². The maximum absolute atomic E-state index is 13.0. The first kappa shape index (κ1) is 24.9. The van der Waals surface area contributed by atoms with Crippen LogP contribution in [0.1, 0.15) is 55.1 Å². The lowest BCUT2D eigenvalue weighted by molar-refractivity contribution is 0.102. The van der Waals surface area contributed by atoms with Crippen LogP contribution in [0.3, 0.4) is 0 Å². The Kier molecular flexibility index (Phi) is 8.64. The van der Waals surface area contributed by atoms with E-state index in [1.807, 2.05) is 30.3 Å². The lowest BCUT2D eigenvalue weighted by Crippen LogP contribution is -2.23. The van der Waals surface area contributed by atoms with Crippen LogP contribution in [-0.4, -0.2) is 21.9 Å². The van der Waals surface area contributed by atoms with E-state index in [2.05, 4.69) is 12.2 Å². The van der Waals surface area contributed by atoms with Crippen molar-refractivity contribution in [2.75, 3.05) is 11.9 Å². The van der Waals surface area contributed by atoms with Crippen molar-refractivity contribution < 1.29 is 9.53 Å². The zero-order valence-electron chi connectivity index (χ0n) is 19.2. The average Bonchev–Trinajstić information content (AvgIpc) is 3.01. The molecule has 0 saturated carbocycles. The van der Waals surface area contributed by atoms with E-state index in [0.717, 1.165) is 12.8 Å². The van der Waals surface area contributed by atoms with Gasteiger partial charge in [0.05, 0.1) is 28.0 Å². The second-order valence-corrected chi connectivity index (χ2v) is 8.74. The summed E-state index contributed by atoms with van der Waals surface area (Å²) < 4.78 is 8.96. The molecule has 0 spiro atoms. The second kappa shape index (κ2) is 11.4. The molecule has 0 aliphatic rings. The minimum atomic E-state index is -0.476. The maximum Gasteiger partial charge on any atom is 0.295 e. The lowest BCUT2D eigenvalue weighted by atomic mass is 10.1. The van der Waals surface area contributed by atoms with E-state index in [9.17, 15) is 9.59 Å². The molecule has 0 atom stereocenters. The molecular formula is C25H29Cl2N3O3. The number of hydrogen-bond acceptors (Lipinski definition) is 3. The minimum absolute atomic E-state index is 0.200. The van der Waals surface area contributed by atoms with E-state index in [1.165, 1.54) is 36.1 Å². The fourth-order valence-corrected chi connectivity index (χ4v) is 4.20. The zero-order valence-corrected chi connectivity index (χ0v) is 20.7. The monoisotopic (exact) mass is 489 g/mol. The fourth-order valence-electron chi connectivity index (χ4n) is 3.61. The largest absolute Gasteiger partial charge is 0.490 e. The number of amides is 1. The molecule has 6 nitrogen and oxygen atoms in total. The molecule has 0 bridgehead atoms. The summed E-state index contributed by atoms with van der Waals surface area (Å²) >= 11 is 12.7. The molecule has 3 rings (SSSR count). The molecule has 2 aromatic carbocycles. The molecule has 0 radical (unpaired) electrons. The van der Waals surface area contributed by atoms with E-state index in [-0.39, 0.29) is 26.9 Å². The molecule has 3 aromatic rings. The van der Waals surface area contributed by atoms with Gasteiger partial charge in [-0.1, -0.05) is 74.0 Å². The Bertz CT molecular complexity index is 1150. The highest BCUT2D eigenvalue weighted by atomic mass is 35.5. The number of ether oxygens (including phenoxy) is 1. The van der Waals surface area contributed by atoms with Gasteiger partial charge in [-0.3, -0.25) is 14.3 Å². The topological polar surface area (TPSA) is 65.3 Å². The number of nitrogens with zero attached hydrogens (tertiary/aromatic N) is 2. The zero-order chi connectivity index (χ0) is 24.0. The van der Waals surface area contributed by atoms with Gasteiger partial charge >= 0.3 is 0 Å². The van der Waals surface area contributed by atoms with Gasteiger partial charge in [-0.25, -0.2) is 4.68 Å². The highest BCUT2D eigenvalue weighted by molar-refractivity contribution is 6.37. The van der Waals surface area contributed by atoms with Crippen molar-refractivity contribution >= 4 is 34.8 Å². The molecule has 0 aliphatic heterocycles. The van der Waals surface area contributed by atoms with Gasteiger partial charge in [0.15, 0.2) is 5.75 Å². The van der Waals surface area contributed by atoms with Crippen molar-refractivity contribution in [3.63, 3.8) is 0 Å². The fraction of sp³-hybridized carbons (Fsp3) is 0.360. The highest BCUT2D eigenvalue weighted by Gasteiger charge is 2.20. The quantitative estimate of drug-likeness (QED) is 0.335. The summed E-state index contributed by atoms with van der Waals surface area (Å²) in [4.78, 5) is 26.0. The lowest BCUT2D eigenvalue weighted by Gasteiger charge is -2.12. The number of rotatable bonds is 10. The molecule has 1 amide bonds. The first-order chi connectivity index (χ1) is 15.8. The average molecular weight is 490 g/mol. The van der Waals surface area contributed by atoms with Crippen LogP contribution in [-0.2, 0) is 7.05 Å². The van der Waals surface area contributed by atoms with Gasteiger partial charge in [-0.05, 0) is 37.6 Å². The molecule has 0 saturated heterocycles. The standard InChI is InChI=1S/C25H29Cl2N3O3/c1-4-5-6-7-11-14-33-23-20(26)15-18(16-21(23)27)24(31)28-22-17(2)29(3)30(25(22)32)19-12-9-8-10-13-19/h8-10,12-13,15-16H,4-7,11,14H2,1-3H3,(H,28,31). The Morgan fingerprint density at radius 2 is 1.67 bits per heavy atom. The predicted octanol–water partition coefficient (Wildman–Crippen LogP) is 6.39. The van der Waals surface area contributed by atoms with Crippen LogP contribution in [0.4, 0.5) is 5.69 Å². The molecule has 0 fully saturated rings. The van der Waals surface area contributed by atoms with Gasteiger partial charge in [-0.2, -0.15) is 0 Å². The van der Waals surface area contributed by atoms with Crippen molar-refractivity contribution in [2.45, 2.75) is 46.0 Å². The van der Waals surface area contributed by atoms with Crippen LogP contribution in [0.25, 0.3) is 5.69 Å². The molecule has 0 unspecified atom stereocenters. The van der Waals surface area contributed by atoms with Crippen molar-refractivity contribution in [3.05, 3.63) is 74.1 Å². The van der Waals surface area contributed by atoms with Crippen molar-refractivity contribution in [3.8, 4) is 11.4 Å². The smallest absolute Gasteiger partial charge is 0.295 e. The SMILES string of the molecule is CCCCCCCOc1c(Cl)cc(C(=O)Nc2c(C)n(C)n(-c3ccccc3)c2=O)cc1Cl. The van der Waals surface area contributed by atoms with Crippen LogP contribution < -0.4 is 15.6 Å². The third kappa shape index (κ3) is 5.81. The molecule has 1 heterocycles. The number of benzene rings is 2. The third-order valence-corrected chi connectivity index (χ3v) is 6.11. The van der Waals surface area contributed by atoms with E-state index < -0.39 is 5.91 Å². The van der Waals surface area contributed by atoms with Gasteiger partial charge in [-0.15, -0.1) is 0 Å². The van der Waals surface area contributed by atoms with Crippen molar-refractivity contribution in [2.24, 2.45) is 7.05 Å². The van der Waals surface area contributed by atoms with Crippen LogP contribution in [0, 0.1) is 6.92 Å². The van der Waals surface area contributed by atoms with Gasteiger partial charge in [0.25, 0.3) is 11.5 Å². The Labute approximate surface area is 204 Å². The van der Waals surface area contributed by atoms with Crippen LogP contribution in [0.2, 0.25) is 10.0 Å². The Morgan fingerprint density at radius 3 is 2.30 bits per heavy atom. The summed E-state index contributed by atoms with van der Waals surface area (Å²) in [5.74, 6) is -0.108. The molecule has 1 aromatic heterocycles. The number of unbranched alkanes of at least 4 members (excludes halogenated alkanes) is 4. The third-order valence-electron chi connectivity index (χ3n) is 5.55. The molecular weight excluding hydrogens is 461 g/mol. The number of anilines is 1. The van der Waals surface area contributed by atoms with Crippen LogP contribution in [0.5, 0.6) is 5.75 Å². The van der Waals surface area contributed by atoms with Crippen molar-refractivity contribution in [1.82, 2.24) is 9.36 Å². The van der Waals surface area contributed by atoms with E-state index in [4.69, 9.17) is 27.9 Å². The molecule has 176 valence electrons. The predicted molar refractivity (Wildman–Crippen MR) is 134 cm³/mol.